The van der Waals surface area contributed by atoms with Crippen molar-refractivity contribution < 1.29 is 9.13 Å². The number of ether oxygens (including phenoxy) is 1. The lowest BCUT2D eigenvalue weighted by Gasteiger charge is -2.16. The third-order valence-corrected chi connectivity index (χ3v) is 3.97. The molecule has 1 unspecified atom stereocenters. The maximum atomic E-state index is 14.0. The van der Waals surface area contributed by atoms with Crippen LogP contribution in [0, 0.1) is 5.82 Å². The van der Waals surface area contributed by atoms with E-state index in [4.69, 9.17) is 27.9 Å². The average molecular weight is 364 g/mol. The van der Waals surface area contributed by atoms with Crippen LogP contribution in [0.1, 0.15) is 16.5 Å². The minimum absolute atomic E-state index is 0.0529. The van der Waals surface area contributed by atoms with E-state index in [1.54, 1.807) is 31.4 Å². The van der Waals surface area contributed by atoms with E-state index in [0.29, 0.717) is 16.9 Å². The number of rotatable bonds is 3. The molecule has 0 spiro atoms. The van der Waals surface area contributed by atoms with Crippen molar-refractivity contribution in [1.82, 2.24) is 0 Å². The molecule has 1 atom stereocenters. The third kappa shape index (κ3) is 3.04. The smallest absolute Gasteiger partial charge is 0.146 e. The van der Waals surface area contributed by atoms with Gasteiger partial charge in [-0.2, -0.15) is 0 Å². The lowest BCUT2D eigenvalue weighted by atomic mass is 10.0. The molecule has 5 heteroatoms. The van der Waals surface area contributed by atoms with Crippen molar-refractivity contribution >= 4 is 39.1 Å². The molecule has 0 amide bonds. The van der Waals surface area contributed by atoms with Crippen LogP contribution in [0.2, 0.25) is 5.02 Å². The van der Waals surface area contributed by atoms with Crippen LogP contribution in [0.3, 0.4) is 0 Å². The van der Waals surface area contributed by atoms with Crippen LogP contribution in [-0.2, 0) is 0 Å². The lowest BCUT2D eigenvalue weighted by molar-refractivity contribution is 0.410. The zero-order valence-corrected chi connectivity index (χ0v) is 13.1. The first kappa shape index (κ1) is 14.6. The number of hydrogen-bond acceptors (Lipinski definition) is 1. The van der Waals surface area contributed by atoms with Crippen molar-refractivity contribution in [2.24, 2.45) is 0 Å². The van der Waals surface area contributed by atoms with Gasteiger partial charge in [-0.05, 0) is 24.3 Å². The topological polar surface area (TPSA) is 9.23 Å². The molecule has 0 aliphatic heterocycles. The second-order valence-electron chi connectivity index (χ2n) is 3.89. The minimum atomic E-state index is -0.675. The molecule has 2 aromatic rings. The highest BCUT2D eigenvalue weighted by Crippen LogP contribution is 2.38. The zero-order valence-electron chi connectivity index (χ0n) is 9.96. The molecule has 2 aromatic carbocycles. The molecule has 0 aromatic heterocycles. The summed E-state index contributed by atoms with van der Waals surface area (Å²) in [5, 5.41) is -0.622. The fourth-order valence-electron chi connectivity index (χ4n) is 1.79. The molecule has 19 heavy (non-hydrogen) atoms. The molecule has 0 bridgehead atoms. The average Bonchev–Trinajstić information content (AvgIpc) is 2.41. The summed E-state index contributed by atoms with van der Waals surface area (Å²) in [7, 11) is 1.55. The van der Waals surface area contributed by atoms with E-state index in [2.05, 4.69) is 15.9 Å². The number of benzene rings is 2. The van der Waals surface area contributed by atoms with E-state index in [9.17, 15) is 4.39 Å². The summed E-state index contributed by atoms with van der Waals surface area (Å²) >= 11 is 15.5. The number of halogens is 4. The van der Waals surface area contributed by atoms with Gasteiger partial charge >= 0.3 is 0 Å². The van der Waals surface area contributed by atoms with E-state index in [0.717, 1.165) is 4.47 Å². The Balaban J connectivity index is 2.52. The number of methoxy groups -OCH3 is 1. The molecular weight excluding hydrogens is 354 g/mol. The first-order valence-corrected chi connectivity index (χ1v) is 7.06. The summed E-state index contributed by atoms with van der Waals surface area (Å²) in [6, 6.07) is 10.2. The fraction of sp³-hybridized carbons (Fsp3) is 0.143. The minimum Gasteiger partial charge on any atom is -0.496 e. The van der Waals surface area contributed by atoms with Crippen LogP contribution in [-0.4, -0.2) is 7.11 Å². The van der Waals surface area contributed by atoms with E-state index < -0.39 is 11.2 Å². The second-order valence-corrected chi connectivity index (χ2v) is 5.65. The summed E-state index contributed by atoms with van der Waals surface area (Å²) in [5.74, 6) is 0.0915. The molecule has 1 nitrogen and oxygen atoms in total. The van der Waals surface area contributed by atoms with E-state index in [-0.39, 0.29) is 5.02 Å². The summed E-state index contributed by atoms with van der Waals surface area (Å²) in [4.78, 5) is 0. The Morgan fingerprint density at radius 2 is 1.95 bits per heavy atom. The first-order valence-electron chi connectivity index (χ1n) is 5.46. The number of alkyl halides is 1. The van der Waals surface area contributed by atoms with Gasteiger partial charge in [0.25, 0.3) is 0 Å². The summed E-state index contributed by atoms with van der Waals surface area (Å²) in [6.07, 6.45) is 0. The molecule has 0 radical (unpaired) electrons. The Labute approximate surface area is 129 Å². The molecule has 0 saturated heterocycles. The van der Waals surface area contributed by atoms with Crippen molar-refractivity contribution in [3.8, 4) is 5.75 Å². The zero-order chi connectivity index (χ0) is 14.0. The third-order valence-electron chi connectivity index (χ3n) is 2.72. The van der Waals surface area contributed by atoms with Crippen molar-refractivity contribution in [2.75, 3.05) is 7.11 Å². The normalized spacial score (nSPS) is 12.3. The number of hydrogen-bond donors (Lipinski definition) is 0. The highest BCUT2D eigenvalue weighted by Gasteiger charge is 2.20. The van der Waals surface area contributed by atoms with Gasteiger partial charge in [0.15, 0.2) is 0 Å². The summed E-state index contributed by atoms with van der Waals surface area (Å²) in [6.45, 7) is 0. The van der Waals surface area contributed by atoms with Crippen molar-refractivity contribution in [1.29, 1.82) is 0 Å². The fourth-order valence-corrected chi connectivity index (χ4v) is 2.69. The quantitative estimate of drug-likeness (QED) is 0.647. The molecule has 0 saturated carbocycles. The van der Waals surface area contributed by atoms with Crippen LogP contribution in [0.25, 0.3) is 0 Å². The Kier molecular flexibility index (Phi) is 4.71. The maximum absolute atomic E-state index is 14.0. The van der Waals surface area contributed by atoms with Gasteiger partial charge in [0.05, 0.1) is 17.5 Å². The molecule has 0 aliphatic carbocycles. The van der Waals surface area contributed by atoms with Crippen LogP contribution in [0.5, 0.6) is 5.75 Å². The van der Waals surface area contributed by atoms with Crippen LogP contribution < -0.4 is 4.74 Å². The second kappa shape index (κ2) is 6.12. The van der Waals surface area contributed by atoms with Crippen LogP contribution in [0.4, 0.5) is 4.39 Å². The van der Waals surface area contributed by atoms with Crippen molar-refractivity contribution in [2.45, 2.75) is 5.38 Å². The van der Waals surface area contributed by atoms with Crippen LogP contribution in [0.15, 0.2) is 40.9 Å². The molecule has 0 N–H and O–H groups in total. The molecule has 0 heterocycles. The van der Waals surface area contributed by atoms with Gasteiger partial charge in [0.2, 0.25) is 0 Å². The van der Waals surface area contributed by atoms with E-state index in [1.807, 2.05) is 6.07 Å². The first-order chi connectivity index (χ1) is 9.04. The summed E-state index contributed by atoms with van der Waals surface area (Å²) in [5.41, 5.74) is 1.00. The van der Waals surface area contributed by atoms with Crippen molar-refractivity contribution in [3.63, 3.8) is 0 Å². The SMILES string of the molecule is COc1ccc(Br)cc1C(Cl)c1cccc(Cl)c1F. The van der Waals surface area contributed by atoms with Gasteiger partial charge in [0.1, 0.15) is 11.6 Å². The molecular formula is C14H10BrCl2FO. The predicted molar refractivity (Wildman–Crippen MR) is 79.8 cm³/mol. The Hall–Kier alpha value is -0.770. The Bertz CT molecular complexity index is 604. The monoisotopic (exact) mass is 362 g/mol. The lowest BCUT2D eigenvalue weighted by Crippen LogP contribution is -2.00. The van der Waals surface area contributed by atoms with Gasteiger partial charge in [-0.1, -0.05) is 39.7 Å². The van der Waals surface area contributed by atoms with E-state index in [1.165, 1.54) is 6.07 Å². The molecule has 100 valence electrons. The highest BCUT2D eigenvalue weighted by atomic mass is 79.9. The van der Waals surface area contributed by atoms with Gasteiger partial charge in [-0.3, -0.25) is 0 Å². The molecule has 2 rings (SSSR count). The van der Waals surface area contributed by atoms with Crippen molar-refractivity contribution in [3.05, 3.63) is 62.8 Å². The van der Waals surface area contributed by atoms with Gasteiger partial charge in [-0.25, -0.2) is 4.39 Å². The van der Waals surface area contributed by atoms with E-state index >= 15 is 0 Å². The van der Waals surface area contributed by atoms with Crippen LogP contribution >= 0.6 is 39.1 Å². The van der Waals surface area contributed by atoms with Gasteiger partial charge < -0.3 is 4.74 Å². The largest absolute Gasteiger partial charge is 0.496 e. The standard InChI is InChI=1S/C14H10BrCl2FO/c1-19-12-6-5-8(15)7-10(12)13(17)9-3-2-4-11(16)14(9)18/h2-7,13H,1H3. The Morgan fingerprint density at radius 1 is 1.21 bits per heavy atom. The highest BCUT2D eigenvalue weighted by molar-refractivity contribution is 9.10. The molecule has 0 fully saturated rings. The van der Waals surface area contributed by atoms with Gasteiger partial charge in [-0.15, -0.1) is 11.6 Å². The maximum Gasteiger partial charge on any atom is 0.146 e. The van der Waals surface area contributed by atoms with Gasteiger partial charge in [0, 0.05) is 15.6 Å². The predicted octanol–water partition coefficient (Wildman–Crippen LogP) is 5.58. The molecule has 0 aliphatic rings. The summed E-state index contributed by atoms with van der Waals surface area (Å²) < 4.78 is 20.1. The Morgan fingerprint density at radius 3 is 2.63 bits per heavy atom.